The van der Waals surface area contributed by atoms with E-state index in [9.17, 15) is 0 Å². The van der Waals surface area contributed by atoms with Crippen LogP contribution in [0.5, 0.6) is 0 Å². The van der Waals surface area contributed by atoms with Gasteiger partial charge in [-0.05, 0) is 37.1 Å². The quantitative estimate of drug-likeness (QED) is 0.438. The minimum Gasteiger partial charge on any atom is -0.303 e. The van der Waals surface area contributed by atoms with E-state index in [2.05, 4.69) is 60.3 Å². The summed E-state index contributed by atoms with van der Waals surface area (Å²) in [6, 6.07) is 0. The zero-order chi connectivity index (χ0) is 12.4. The largest absolute Gasteiger partial charge is 0.303 e. The lowest BCUT2D eigenvalue weighted by atomic mass is 9.87. The Morgan fingerprint density at radius 2 is 1.62 bits per heavy atom. The molecular formula is C13H28BrNS. The normalized spacial score (nSPS) is 12.4. The van der Waals surface area contributed by atoms with Crippen molar-refractivity contribution in [1.29, 1.82) is 0 Å². The Morgan fingerprint density at radius 3 is 2.00 bits per heavy atom. The molecule has 0 aliphatic carbocycles. The van der Waals surface area contributed by atoms with Gasteiger partial charge in [-0.15, -0.1) is 0 Å². The van der Waals surface area contributed by atoms with Crippen molar-refractivity contribution < 1.29 is 0 Å². The van der Waals surface area contributed by atoms with Crippen LogP contribution in [0.3, 0.4) is 0 Å². The molecule has 0 aromatic carbocycles. The summed E-state index contributed by atoms with van der Waals surface area (Å²) < 4.78 is 0. The second kappa shape index (κ2) is 9.78. The highest BCUT2D eigenvalue weighted by Crippen LogP contribution is 2.32. The van der Waals surface area contributed by atoms with E-state index in [1.807, 2.05) is 0 Å². The van der Waals surface area contributed by atoms with E-state index in [-0.39, 0.29) is 0 Å². The van der Waals surface area contributed by atoms with Crippen LogP contribution in [-0.2, 0) is 0 Å². The minimum atomic E-state index is 0.522. The molecule has 0 rings (SSSR count). The number of rotatable bonds is 10. The van der Waals surface area contributed by atoms with E-state index >= 15 is 0 Å². The Balaban J connectivity index is 3.78. The van der Waals surface area contributed by atoms with E-state index in [1.165, 1.54) is 44.0 Å². The molecule has 0 aromatic rings. The third-order valence-corrected chi connectivity index (χ3v) is 6.12. The number of halogens is 1. The van der Waals surface area contributed by atoms with Crippen molar-refractivity contribution >= 4 is 27.7 Å². The van der Waals surface area contributed by atoms with E-state index in [0.717, 1.165) is 5.33 Å². The van der Waals surface area contributed by atoms with Crippen LogP contribution in [0.2, 0.25) is 0 Å². The lowest BCUT2D eigenvalue weighted by molar-refractivity contribution is 0.323. The molecule has 0 atom stereocenters. The van der Waals surface area contributed by atoms with E-state index in [4.69, 9.17) is 0 Å². The van der Waals surface area contributed by atoms with Gasteiger partial charge in [0.25, 0.3) is 0 Å². The van der Waals surface area contributed by atoms with Crippen LogP contribution in [0, 0.1) is 5.41 Å². The Morgan fingerprint density at radius 1 is 1.06 bits per heavy atom. The van der Waals surface area contributed by atoms with Crippen molar-refractivity contribution in [2.45, 2.75) is 40.5 Å². The average molecular weight is 310 g/mol. The monoisotopic (exact) mass is 309 g/mol. The van der Waals surface area contributed by atoms with Gasteiger partial charge < -0.3 is 4.90 Å². The Hall–Kier alpha value is 0.790. The molecule has 0 heterocycles. The first-order chi connectivity index (χ1) is 7.67. The fraction of sp³-hybridized carbons (Fsp3) is 1.00. The second-order valence-electron chi connectivity index (χ2n) is 4.42. The van der Waals surface area contributed by atoms with Crippen LogP contribution in [0.4, 0.5) is 0 Å². The van der Waals surface area contributed by atoms with E-state index in [0.29, 0.717) is 5.41 Å². The molecule has 3 heteroatoms. The topological polar surface area (TPSA) is 3.24 Å². The molecule has 0 spiro atoms. The predicted molar refractivity (Wildman–Crippen MR) is 81.9 cm³/mol. The Labute approximate surface area is 115 Å². The highest BCUT2D eigenvalue weighted by molar-refractivity contribution is 9.09. The first-order valence-electron chi connectivity index (χ1n) is 6.54. The van der Waals surface area contributed by atoms with Crippen molar-refractivity contribution in [3.8, 4) is 0 Å². The lowest BCUT2D eigenvalue weighted by Crippen LogP contribution is -2.27. The summed E-state index contributed by atoms with van der Waals surface area (Å²) in [5, 5.41) is 1.14. The molecule has 1 nitrogen and oxygen atoms in total. The molecule has 0 saturated carbocycles. The van der Waals surface area contributed by atoms with Crippen LogP contribution < -0.4 is 0 Å². The fourth-order valence-corrected chi connectivity index (χ4v) is 4.43. The van der Waals surface area contributed by atoms with Gasteiger partial charge in [-0.3, -0.25) is 0 Å². The zero-order valence-corrected chi connectivity index (χ0v) is 13.8. The summed E-state index contributed by atoms with van der Waals surface area (Å²) in [5.41, 5.74) is 0.522. The molecule has 0 radical (unpaired) electrons. The van der Waals surface area contributed by atoms with Crippen LogP contribution in [-0.4, -0.2) is 41.4 Å². The van der Waals surface area contributed by atoms with Gasteiger partial charge in [-0.1, -0.05) is 43.6 Å². The number of alkyl halides is 1. The van der Waals surface area contributed by atoms with E-state index in [1.54, 1.807) is 0 Å². The SMILES string of the molecule is CCN(CC)CCSCC(CC)(CC)CBr. The number of hydrogen-bond acceptors (Lipinski definition) is 2. The van der Waals surface area contributed by atoms with Gasteiger partial charge in [-0.25, -0.2) is 0 Å². The third kappa shape index (κ3) is 5.92. The summed E-state index contributed by atoms with van der Waals surface area (Å²) in [7, 11) is 0. The van der Waals surface area contributed by atoms with Crippen LogP contribution >= 0.6 is 27.7 Å². The molecule has 98 valence electrons. The van der Waals surface area contributed by atoms with Gasteiger partial charge in [-0.2, -0.15) is 11.8 Å². The van der Waals surface area contributed by atoms with Crippen LogP contribution in [0.25, 0.3) is 0 Å². The van der Waals surface area contributed by atoms with Crippen molar-refractivity contribution in [3.63, 3.8) is 0 Å². The number of thioether (sulfide) groups is 1. The smallest absolute Gasteiger partial charge is 0.00956 e. The highest BCUT2D eigenvalue weighted by Gasteiger charge is 2.24. The standard InChI is InChI=1S/C13H28BrNS/c1-5-13(6-2,11-14)12-16-10-9-15(7-3)8-4/h5-12H2,1-4H3. The molecule has 0 unspecified atom stereocenters. The Bertz CT molecular complexity index is 148. The van der Waals surface area contributed by atoms with Gasteiger partial charge in [0.2, 0.25) is 0 Å². The molecule has 0 aromatic heterocycles. The summed E-state index contributed by atoms with van der Waals surface area (Å²) >= 11 is 5.80. The maximum atomic E-state index is 3.68. The van der Waals surface area contributed by atoms with Gasteiger partial charge in [0.1, 0.15) is 0 Å². The maximum absolute atomic E-state index is 3.68. The van der Waals surface area contributed by atoms with Gasteiger partial charge in [0, 0.05) is 17.6 Å². The first-order valence-corrected chi connectivity index (χ1v) is 8.81. The van der Waals surface area contributed by atoms with Crippen molar-refractivity contribution in [1.82, 2.24) is 4.90 Å². The Kier molecular flexibility index (Phi) is 10.3. The number of hydrogen-bond donors (Lipinski definition) is 0. The highest BCUT2D eigenvalue weighted by atomic mass is 79.9. The van der Waals surface area contributed by atoms with Gasteiger partial charge in [0.15, 0.2) is 0 Å². The van der Waals surface area contributed by atoms with Gasteiger partial charge in [0.05, 0.1) is 0 Å². The fourth-order valence-electron chi connectivity index (χ4n) is 1.70. The van der Waals surface area contributed by atoms with Crippen LogP contribution in [0.1, 0.15) is 40.5 Å². The second-order valence-corrected chi connectivity index (χ2v) is 6.09. The molecule has 0 aliphatic heterocycles. The van der Waals surface area contributed by atoms with Crippen molar-refractivity contribution in [2.24, 2.45) is 5.41 Å². The predicted octanol–water partition coefficient (Wildman–Crippen LogP) is 4.26. The van der Waals surface area contributed by atoms with E-state index < -0.39 is 0 Å². The average Bonchev–Trinajstić information content (AvgIpc) is 2.35. The van der Waals surface area contributed by atoms with Gasteiger partial charge >= 0.3 is 0 Å². The first kappa shape index (κ1) is 16.8. The molecular weight excluding hydrogens is 282 g/mol. The molecule has 0 amide bonds. The number of nitrogens with zero attached hydrogens (tertiary/aromatic N) is 1. The van der Waals surface area contributed by atoms with Crippen molar-refractivity contribution in [3.05, 3.63) is 0 Å². The maximum Gasteiger partial charge on any atom is 0.00956 e. The lowest BCUT2D eigenvalue weighted by Gasteiger charge is -2.29. The summed E-state index contributed by atoms with van der Waals surface area (Å²) in [5.74, 6) is 2.57. The third-order valence-electron chi connectivity index (χ3n) is 3.64. The van der Waals surface area contributed by atoms with Crippen molar-refractivity contribution in [2.75, 3.05) is 36.5 Å². The summed E-state index contributed by atoms with van der Waals surface area (Å²) in [4.78, 5) is 2.50. The minimum absolute atomic E-state index is 0.522. The zero-order valence-electron chi connectivity index (χ0n) is 11.4. The summed E-state index contributed by atoms with van der Waals surface area (Å²) in [6.45, 7) is 12.7. The summed E-state index contributed by atoms with van der Waals surface area (Å²) in [6.07, 6.45) is 2.57. The molecule has 0 N–H and O–H groups in total. The molecule has 0 aliphatic rings. The molecule has 0 bridgehead atoms. The van der Waals surface area contributed by atoms with Crippen LogP contribution in [0.15, 0.2) is 0 Å². The molecule has 16 heavy (non-hydrogen) atoms. The molecule has 0 fully saturated rings. The molecule has 0 saturated heterocycles.